The third kappa shape index (κ3) is 2.28. The van der Waals surface area contributed by atoms with Gasteiger partial charge in [-0.2, -0.15) is 11.8 Å². The van der Waals surface area contributed by atoms with Crippen molar-refractivity contribution in [2.45, 2.75) is 5.25 Å². The van der Waals surface area contributed by atoms with Gasteiger partial charge in [-0.05, 0) is 17.9 Å². The Kier molecular flexibility index (Phi) is 3.56. The van der Waals surface area contributed by atoms with Crippen molar-refractivity contribution < 1.29 is 9.53 Å². The lowest BCUT2D eigenvalue weighted by Gasteiger charge is -2.27. The maximum atomic E-state index is 12.0. The largest absolute Gasteiger partial charge is 0.491 e. The highest BCUT2D eigenvalue weighted by Gasteiger charge is 2.33. The number of rotatable bonds is 1. The Hall–Kier alpha value is -0.980. The molecule has 3 nitrogen and oxygen atoms in total. The van der Waals surface area contributed by atoms with Crippen LogP contribution in [0.25, 0.3) is 5.57 Å². The molecule has 2 aliphatic rings. The summed E-state index contributed by atoms with van der Waals surface area (Å²) in [5.41, 5.74) is 2.03. The second-order valence-corrected chi connectivity index (χ2v) is 6.85. The number of ether oxygens (including phenoxy) is 1. The summed E-state index contributed by atoms with van der Waals surface area (Å²) in [6.07, 6.45) is 2.03. The molecule has 98 valence electrons. The zero-order chi connectivity index (χ0) is 13.4. The van der Waals surface area contributed by atoms with Crippen molar-refractivity contribution in [3.63, 3.8) is 0 Å². The van der Waals surface area contributed by atoms with Gasteiger partial charge in [0.25, 0.3) is 5.91 Å². The molecule has 1 atom stereocenters. The van der Waals surface area contributed by atoms with E-state index >= 15 is 0 Å². The summed E-state index contributed by atoms with van der Waals surface area (Å²) in [5, 5.41) is 2.84. The highest BCUT2D eigenvalue weighted by atomic mass is 32.2. The Bertz CT molecular complexity index is 597. The zero-order valence-electron chi connectivity index (χ0n) is 10.1. The lowest BCUT2D eigenvalue weighted by atomic mass is 9.98. The minimum absolute atomic E-state index is 0.0965. The van der Waals surface area contributed by atoms with Gasteiger partial charge < -0.3 is 10.1 Å². The first kappa shape index (κ1) is 13.0. The smallest absolute Gasteiger partial charge is 0.263 e. The zero-order valence-corrected chi connectivity index (χ0v) is 12.6. The Morgan fingerprint density at radius 1 is 1.47 bits per heavy atom. The monoisotopic (exact) mass is 309 g/mol. The van der Waals surface area contributed by atoms with Crippen LogP contribution in [0.15, 0.2) is 29.2 Å². The molecule has 3 rings (SSSR count). The summed E-state index contributed by atoms with van der Waals surface area (Å²) < 4.78 is 6.27. The van der Waals surface area contributed by atoms with Crippen LogP contribution in [0.2, 0.25) is 0 Å². The molecule has 1 aromatic rings. The maximum Gasteiger partial charge on any atom is 0.263 e. The summed E-state index contributed by atoms with van der Waals surface area (Å²) in [7, 11) is 0. The molecule has 19 heavy (non-hydrogen) atoms. The second kappa shape index (κ2) is 5.19. The molecule has 1 amide bonds. The van der Waals surface area contributed by atoms with E-state index in [1.54, 1.807) is 11.8 Å². The van der Waals surface area contributed by atoms with Crippen molar-refractivity contribution in [1.29, 1.82) is 0 Å². The highest BCUT2D eigenvalue weighted by Crippen LogP contribution is 2.43. The SMILES string of the molecule is CSC1COc2ccccc2C1=C1SC(=S)NC1=O. The average Bonchev–Trinajstić information content (AvgIpc) is 2.76. The molecule has 0 saturated carbocycles. The number of amides is 1. The van der Waals surface area contributed by atoms with Crippen LogP contribution in [-0.2, 0) is 4.79 Å². The molecule has 1 saturated heterocycles. The summed E-state index contributed by atoms with van der Waals surface area (Å²) in [6.45, 7) is 0.581. The molecule has 0 aliphatic carbocycles. The molecule has 2 heterocycles. The number of thioether (sulfide) groups is 2. The summed E-state index contributed by atoms with van der Waals surface area (Å²) >= 11 is 8.11. The number of carbonyl (C=O) groups is 1. The van der Waals surface area contributed by atoms with Crippen LogP contribution < -0.4 is 10.1 Å². The first-order valence-corrected chi connectivity index (χ1v) is 8.24. The van der Waals surface area contributed by atoms with Gasteiger partial charge in [-0.15, -0.1) is 0 Å². The number of nitrogens with one attached hydrogen (secondary N) is 1. The Morgan fingerprint density at radius 3 is 2.95 bits per heavy atom. The fourth-order valence-electron chi connectivity index (χ4n) is 2.18. The minimum atomic E-state index is -0.0965. The number of hydrogen-bond donors (Lipinski definition) is 1. The lowest BCUT2D eigenvalue weighted by Crippen LogP contribution is -2.25. The Morgan fingerprint density at radius 2 is 2.26 bits per heavy atom. The van der Waals surface area contributed by atoms with E-state index in [4.69, 9.17) is 17.0 Å². The fourth-order valence-corrected chi connectivity index (χ4v) is 4.12. The van der Waals surface area contributed by atoms with Gasteiger partial charge in [-0.3, -0.25) is 4.79 Å². The number of hydrogen-bond acceptors (Lipinski definition) is 5. The van der Waals surface area contributed by atoms with Crippen molar-refractivity contribution in [1.82, 2.24) is 5.32 Å². The van der Waals surface area contributed by atoms with E-state index in [9.17, 15) is 4.79 Å². The van der Waals surface area contributed by atoms with Crippen LogP contribution in [-0.4, -0.2) is 28.3 Å². The molecule has 1 fully saturated rings. The predicted octanol–water partition coefficient (Wildman–Crippen LogP) is 2.67. The van der Waals surface area contributed by atoms with Crippen molar-refractivity contribution in [3.05, 3.63) is 34.7 Å². The predicted molar refractivity (Wildman–Crippen MR) is 84.5 cm³/mol. The van der Waals surface area contributed by atoms with E-state index in [2.05, 4.69) is 5.32 Å². The quantitative estimate of drug-likeness (QED) is 0.638. The van der Waals surface area contributed by atoms with E-state index in [-0.39, 0.29) is 11.2 Å². The topological polar surface area (TPSA) is 38.3 Å². The van der Waals surface area contributed by atoms with Crippen LogP contribution in [0.1, 0.15) is 5.56 Å². The standard InChI is InChI=1S/C13H11NO2S3/c1-18-9-6-16-8-5-3-2-4-7(8)10(9)11-12(15)14-13(17)19-11/h2-5,9H,6H2,1H3,(H,14,15,17). The van der Waals surface area contributed by atoms with Crippen LogP contribution in [0.3, 0.4) is 0 Å². The van der Waals surface area contributed by atoms with Crippen molar-refractivity contribution in [2.75, 3.05) is 12.9 Å². The minimum Gasteiger partial charge on any atom is -0.491 e. The molecule has 1 unspecified atom stereocenters. The van der Waals surface area contributed by atoms with E-state index in [1.165, 1.54) is 11.8 Å². The van der Waals surface area contributed by atoms with Gasteiger partial charge in [0.1, 0.15) is 16.7 Å². The number of carbonyl (C=O) groups excluding carboxylic acids is 1. The van der Waals surface area contributed by atoms with Crippen molar-refractivity contribution in [2.24, 2.45) is 0 Å². The molecule has 1 aromatic carbocycles. The normalized spacial score (nSPS) is 25.8. The molecule has 2 aliphatic heterocycles. The lowest BCUT2D eigenvalue weighted by molar-refractivity contribution is -0.115. The summed E-state index contributed by atoms with van der Waals surface area (Å²) in [6, 6.07) is 7.83. The van der Waals surface area contributed by atoms with Crippen molar-refractivity contribution in [3.8, 4) is 5.75 Å². The third-order valence-corrected chi connectivity index (χ3v) is 5.22. The van der Waals surface area contributed by atoms with E-state index in [0.29, 0.717) is 15.8 Å². The number of para-hydroxylation sites is 1. The molecule has 0 bridgehead atoms. The third-order valence-electron chi connectivity index (χ3n) is 3.04. The van der Waals surface area contributed by atoms with Crippen LogP contribution in [0.4, 0.5) is 0 Å². The first-order chi connectivity index (χ1) is 9.20. The molecular formula is C13H11NO2S3. The van der Waals surface area contributed by atoms with Gasteiger partial charge in [-0.1, -0.05) is 42.2 Å². The summed E-state index contributed by atoms with van der Waals surface area (Å²) in [4.78, 5) is 12.7. The molecule has 1 N–H and O–H groups in total. The number of fused-ring (bicyclic) bond motifs is 1. The van der Waals surface area contributed by atoms with Gasteiger partial charge in [0.05, 0.1) is 10.2 Å². The molecule has 6 heteroatoms. The molecule has 0 spiro atoms. The average molecular weight is 309 g/mol. The van der Waals surface area contributed by atoms with Crippen molar-refractivity contribution >= 4 is 51.5 Å². The second-order valence-electron chi connectivity index (χ2n) is 4.12. The Labute approximate surface area is 125 Å². The summed E-state index contributed by atoms with van der Waals surface area (Å²) in [5.74, 6) is 0.738. The molecule has 0 aromatic heterocycles. The number of benzene rings is 1. The Balaban J connectivity index is 2.19. The van der Waals surface area contributed by atoms with Gasteiger partial charge >= 0.3 is 0 Å². The van der Waals surface area contributed by atoms with Gasteiger partial charge in [-0.25, -0.2) is 0 Å². The van der Waals surface area contributed by atoms with Gasteiger partial charge in [0.15, 0.2) is 0 Å². The van der Waals surface area contributed by atoms with Gasteiger partial charge in [0, 0.05) is 5.56 Å². The highest BCUT2D eigenvalue weighted by molar-refractivity contribution is 8.27. The van der Waals surface area contributed by atoms with Crippen LogP contribution in [0, 0.1) is 0 Å². The van der Waals surface area contributed by atoms with Crippen LogP contribution in [0.5, 0.6) is 5.75 Å². The van der Waals surface area contributed by atoms with Gasteiger partial charge in [0.2, 0.25) is 0 Å². The molecule has 0 radical (unpaired) electrons. The number of thiocarbonyl (C=S) groups is 1. The first-order valence-electron chi connectivity index (χ1n) is 5.73. The maximum absolute atomic E-state index is 12.0. The molecular weight excluding hydrogens is 298 g/mol. The van der Waals surface area contributed by atoms with Crippen LogP contribution >= 0.6 is 35.7 Å². The fraction of sp³-hybridized carbons (Fsp3) is 0.231. The van der Waals surface area contributed by atoms with E-state index in [1.807, 2.05) is 30.5 Å². The van der Waals surface area contributed by atoms with E-state index < -0.39 is 0 Å². The van der Waals surface area contributed by atoms with E-state index in [0.717, 1.165) is 16.9 Å².